The van der Waals surface area contributed by atoms with Crippen molar-refractivity contribution < 1.29 is 24.2 Å². The molecule has 0 amide bonds. The molecule has 0 radical (unpaired) electrons. The van der Waals surface area contributed by atoms with Crippen LogP contribution in [0.4, 0.5) is 0 Å². The van der Waals surface area contributed by atoms with Crippen LogP contribution >= 0.6 is 0 Å². The molecule has 0 saturated carbocycles. The first-order chi connectivity index (χ1) is 13.0. The number of aromatic carboxylic acids is 1. The van der Waals surface area contributed by atoms with Gasteiger partial charge in [0, 0.05) is 5.56 Å². The maximum atomic E-state index is 11.7. The van der Waals surface area contributed by atoms with Crippen LogP contribution in [0.3, 0.4) is 0 Å². The van der Waals surface area contributed by atoms with E-state index in [0.717, 1.165) is 5.56 Å². The monoisotopic (exact) mass is 362 g/mol. The van der Waals surface area contributed by atoms with Gasteiger partial charge in [-0.05, 0) is 43.3 Å². The zero-order chi connectivity index (χ0) is 19.6. The second kappa shape index (κ2) is 9.68. The van der Waals surface area contributed by atoms with Crippen molar-refractivity contribution in [1.82, 2.24) is 0 Å². The predicted molar refractivity (Wildman–Crippen MR) is 101 cm³/mol. The Morgan fingerprint density at radius 1 is 0.815 bits per heavy atom. The van der Waals surface area contributed by atoms with E-state index in [2.05, 4.69) is 0 Å². The molecule has 0 heterocycles. The number of para-hydroxylation sites is 1. The summed E-state index contributed by atoms with van der Waals surface area (Å²) in [6.07, 6.45) is 0.672. The van der Waals surface area contributed by atoms with Gasteiger partial charge in [0.2, 0.25) is 0 Å². The Labute approximate surface area is 156 Å². The number of carbonyl (C=O) groups excluding carboxylic acids is 2. The fourth-order valence-electron chi connectivity index (χ4n) is 2.05. The van der Waals surface area contributed by atoms with Crippen LogP contribution in [-0.4, -0.2) is 23.3 Å². The Hall–Kier alpha value is -3.73. The van der Waals surface area contributed by atoms with Crippen molar-refractivity contribution in [3.8, 4) is 5.75 Å². The lowest BCUT2D eigenvalue weighted by Gasteiger charge is -2.03. The molecule has 0 aromatic heterocycles. The summed E-state index contributed by atoms with van der Waals surface area (Å²) in [4.78, 5) is 32.2. The Morgan fingerprint density at radius 3 is 1.89 bits per heavy atom. The highest BCUT2D eigenvalue weighted by Gasteiger charge is 2.07. The minimum Gasteiger partial charge on any atom is -0.478 e. The van der Waals surface area contributed by atoms with Crippen molar-refractivity contribution in [2.45, 2.75) is 6.92 Å². The number of carboxylic acid groups (broad SMARTS) is 1. The first-order valence-corrected chi connectivity index (χ1v) is 8.12. The summed E-state index contributed by atoms with van der Waals surface area (Å²) in [6, 6.07) is 22.1. The summed E-state index contributed by atoms with van der Waals surface area (Å²) < 4.78 is 5.20. The molecule has 1 N–H and O–H groups in total. The van der Waals surface area contributed by atoms with Crippen LogP contribution in [0.1, 0.15) is 36.6 Å². The molecule has 0 aliphatic heterocycles. The summed E-state index contributed by atoms with van der Waals surface area (Å²) in [5.74, 6) is -0.748. The van der Waals surface area contributed by atoms with E-state index in [1.807, 2.05) is 37.3 Å². The molecule has 136 valence electrons. The third-order valence-electron chi connectivity index (χ3n) is 3.53. The number of hydrogen-bond donors (Lipinski definition) is 1. The standard InChI is InChI=1S/C14H12O2.C8H6O3/c1-11-7-9-12(10-8-11)14(15)16-13-5-3-2-4-6-13;9-5-6-1-3-7(4-2-6)8(10)11/h2-10H,1H3;1-5H,(H,10,11). The van der Waals surface area contributed by atoms with Crippen LogP contribution in [0.25, 0.3) is 0 Å². The van der Waals surface area contributed by atoms with Gasteiger partial charge in [-0.15, -0.1) is 0 Å². The molecule has 0 unspecified atom stereocenters. The third-order valence-corrected chi connectivity index (χ3v) is 3.53. The molecule has 3 rings (SSSR count). The van der Waals surface area contributed by atoms with Crippen molar-refractivity contribution in [2.24, 2.45) is 0 Å². The number of rotatable bonds is 4. The van der Waals surface area contributed by atoms with Gasteiger partial charge in [0.1, 0.15) is 12.0 Å². The van der Waals surface area contributed by atoms with Crippen molar-refractivity contribution >= 4 is 18.2 Å². The second-order valence-electron chi connectivity index (χ2n) is 5.61. The predicted octanol–water partition coefficient (Wildman–Crippen LogP) is 4.41. The Bertz CT molecular complexity index is 898. The van der Waals surface area contributed by atoms with Crippen LogP contribution in [0.15, 0.2) is 78.9 Å². The molecule has 0 aliphatic carbocycles. The van der Waals surface area contributed by atoms with Crippen LogP contribution in [0.5, 0.6) is 5.75 Å². The molecular weight excluding hydrogens is 344 g/mol. The number of benzene rings is 3. The molecule has 0 fully saturated rings. The van der Waals surface area contributed by atoms with E-state index in [-0.39, 0.29) is 11.5 Å². The maximum Gasteiger partial charge on any atom is 0.343 e. The molecule has 0 atom stereocenters. The highest BCUT2D eigenvalue weighted by molar-refractivity contribution is 5.91. The third kappa shape index (κ3) is 6.25. The van der Waals surface area contributed by atoms with E-state index in [0.29, 0.717) is 23.2 Å². The van der Waals surface area contributed by atoms with Gasteiger partial charge >= 0.3 is 11.9 Å². The lowest BCUT2D eigenvalue weighted by Crippen LogP contribution is -2.08. The first kappa shape index (κ1) is 19.6. The summed E-state index contributed by atoms with van der Waals surface area (Å²) in [5.41, 5.74) is 2.36. The number of esters is 1. The number of carbonyl (C=O) groups is 3. The fraction of sp³-hybridized carbons (Fsp3) is 0.0455. The van der Waals surface area contributed by atoms with E-state index in [9.17, 15) is 14.4 Å². The van der Waals surface area contributed by atoms with Crippen molar-refractivity contribution in [3.05, 3.63) is 101 Å². The molecule has 5 nitrogen and oxygen atoms in total. The molecular formula is C22H18O5. The SMILES string of the molecule is Cc1ccc(C(=O)Oc2ccccc2)cc1.O=Cc1ccc(C(=O)O)cc1. The fourth-order valence-corrected chi connectivity index (χ4v) is 2.05. The van der Waals surface area contributed by atoms with Gasteiger partial charge in [-0.3, -0.25) is 4.79 Å². The molecule has 5 heteroatoms. The van der Waals surface area contributed by atoms with Gasteiger partial charge < -0.3 is 9.84 Å². The largest absolute Gasteiger partial charge is 0.478 e. The minimum absolute atomic E-state index is 0.190. The number of aldehydes is 1. The Kier molecular flexibility index (Phi) is 7.02. The molecule has 0 spiro atoms. The maximum absolute atomic E-state index is 11.7. The van der Waals surface area contributed by atoms with Gasteiger partial charge in [0.15, 0.2) is 0 Å². The zero-order valence-corrected chi connectivity index (χ0v) is 14.7. The summed E-state index contributed by atoms with van der Waals surface area (Å²) in [5, 5.41) is 8.46. The van der Waals surface area contributed by atoms with Crippen molar-refractivity contribution in [3.63, 3.8) is 0 Å². The van der Waals surface area contributed by atoms with Gasteiger partial charge in [-0.25, -0.2) is 9.59 Å². The summed E-state index contributed by atoms with van der Waals surface area (Å²) in [6.45, 7) is 1.98. The summed E-state index contributed by atoms with van der Waals surface area (Å²) >= 11 is 0. The molecule has 3 aromatic rings. The van der Waals surface area contributed by atoms with Crippen LogP contribution < -0.4 is 4.74 Å². The number of ether oxygens (including phenoxy) is 1. The Balaban J connectivity index is 0.000000208. The normalized spacial score (nSPS) is 9.52. The molecule has 3 aromatic carbocycles. The van der Waals surface area contributed by atoms with Crippen LogP contribution in [-0.2, 0) is 0 Å². The van der Waals surface area contributed by atoms with Crippen molar-refractivity contribution in [2.75, 3.05) is 0 Å². The zero-order valence-electron chi connectivity index (χ0n) is 14.7. The van der Waals surface area contributed by atoms with E-state index < -0.39 is 5.97 Å². The summed E-state index contributed by atoms with van der Waals surface area (Å²) in [7, 11) is 0. The van der Waals surface area contributed by atoms with Gasteiger partial charge in [0.25, 0.3) is 0 Å². The molecule has 27 heavy (non-hydrogen) atoms. The highest BCUT2D eigenvalue weighted by Crippen LogP contribution is 2.12. The van der Waals surface area contributed by atoms with E-state index >= 15 is 0 Å². The number of carboxylic acids is 1. The smallest absolute Gasteiger partial charge is 0.343 e. The first-order valence-electron chi connectivity index (χ1n) is 8.12. The number of aryl methyl sites for hydroxylation is 1. The van der Waals surface area contributed by atoms with Crippen molar-refractivity contribution in [1.29, 1.82) is 0 Å². The second-order valence-corrected chi connectivity index (χ2v) is 5.61. The Morgan fingerprint density at radius 2 is 1.37 bits per heavy atom. The van der Waals surface area contributed by atoms with Gasteiger partial charge in [-0.1, -0.05) is 48.0 Å². The molecule has 0 saturated heterocycles. The average Bonchev–Trinajstić information content (AvgIpc) is 2.70. The van der Waals surface area contributed by atoms with E-state index in [1.165, 1.54) is 24.3 Å². The van der Waals surface area contributed by atoms with Gasteiger partial charge in [-0.2, -0.15) is 0 Å². The molecule has 0 aliphatic rings. The van der Waals surface area contributed by atoms with Crippen LogP contribution in [0.2, 0.25) is 0 Å². The molecule has 0 bridgehead atoms. The minimum atomic E-state index is -0.984. The van der Waals surface area contributed by atoms with Crippen LogP contribution in [0, 0.1) is 6.92 Å². The number of hydrogen-bond acceptors (Lipinski definition) is 4. The lowest BCUT2D eigenvalue weighted by molar-refractivity contribution is 0.0694. The highest BCUT2D eigenvalue weighted by atomic mass is 16.5. The van der Waals surface area contributed by atoms with Gasteiger partial charge in [0.05, 0.1) is 11.1 Å². The van der Waals surface area contributed by atoms with E-state index in [4.69, 9.17) is 9.84 Å². The quantitative estimate of drug-likeness (QED) is 0.422. The van der Waals surface area contributed by atoms with E-state index in [1.54, 1.807) is 24.3 Å². The lowest BCUT2D eigenvalue weighted by atomic mass is 10.1. The average molecular weight is 362 g/mol. The topological polar surface area (TPSA) is 80.7 Å².